The summed E-state index contributed by atoms with van der Waals surface area (Å²) in [4.78, 5) is 82.8. The van der Waals surface area contributed by atoms with E-state index in [0.717, 1.165) is 4.90 Å². The molecule has 2 aliphatic rings. The summed E-state index contributed by atoms with van der Waals surface area (Å²) in [7, 11) is 0. The van der Waals surface area contributed by atoms with E-state index < -0.39 is 67.0 Å². The van der Waals surface area contributed by atoms with Crippen molar-refractivity contribution >= 4 is 46.7 Å². The number of para-hydroxylation sites is 1. The molecule has 4 amide bonds. The lowest BCUT2D eigenvalue weighted by atomic mass is 10.1. The molecule has 3 heterocycles. The van der Waals surface area contributed by atoms with Crippen LogP contribution in [0.4, 0.5) is 4.79 Å². The van der Waals surface area contributed by atoms with E-state index in [9.17, 15) is 44.1 Å². The average Bonchev–Trinajstić information content (AvgIpc) is 3.43. The van der Waals surface area contributed by atoms with Crippen LogP contribution in [0.25, 0.3) is 10.9 Å². The summed E-state index contributed by atoms with van der Waals surface area (Å²) < 4.78 is 10.7. The molecule has 2 aromatic rings. The lowest BCUT2D eigenvalue weighted by molar-refractivity contribution is -0.149. The van der Waals surface area contributed by atoms with Gasteiger partial charge in [0.05, 0.1) is 18.2 Å². The van der Waals surface area contributed by atoms with E-state index in [-0.39, 0.29) is 63.6 Å². The molecule has 16 heteroatoms. The zero-order valence-corrected chi connectivity index (χ0v) is 24.6. The van der Waals surface area contributed by atoms with Gasteiger partial charge in [0.1, 0.15) is 23.5 Å². The zero-order chi connectivity index (χ0) is 32.7. The van der Waals surface area contributed by atoms with Gasteiger partial charge in [0.25, 0.3) is 11.8 Å². The number of ether oxygens (including phenoxy) is 2. The van der Waals surface area contributed by atoms with Crippen molar-refractivity contribution in [3.05, 3.63) is 36.0 Å². The SMILES string of the molecule is CCOC(=O)N1CCN(C(=O)C(CCC(=O)O)NC(=O)c2cc(OCC(=O)N3C[C@H](O)C[C@H]3C(=O)O)c3ccccc3n2)CC1. The highest BCUT2D eigenvalue weighted by molar-refractivity contribution is 5.99. The molecule has 4 rings (SSSR count). The molecule has 2 aliphatic heterocycles. The van der Waals surface area contributed by atoms with Gasteiger partial charge >= 0.3 is 18.0 Å². The molecule has 2 saturated heterocycles. The Labute approximate surface area is 257 Å². The van der Waals surface area contributed by atoms with Gasteiger partial charge in [0, 0.05) is 57.0 Å². The van der Waals surface area contributed by atoms with E-state index in [2.05, 4.69) is 10.3 Å². The summed E-state index contributed by atoms with van der Waals surface area (Å²) in [5.74, 6) is -4.30. The second-order valence-corrected chi connectivity index (χ2v) is 10.6. The molecule has 1 aromatic carbocycles. The van der Waals surface area contributed by atoms with Gasteiger partial charge in [0.2, 0.25) is 5.91 Å². The van der Waals surface area contributed by atoms with Gasteiger partial charge in [0.15, 0.2) is 6.61 Å². The second-order valence-electron chi connectivity index (χ2n) is 10.6. The van der Waals surface area contributed by atoms with Gasteiger partial charge < -0.3 is 44.8 Å². The number of benzene rings is 1. The lowest BCUT2D eigenvalue weighted by Gasteiger charge is -2.35. The van der Waals surface area contributed by atoms with Crippen molar-refractivity contribution in [1.82, 2.24) is 25.0 Å². The van der Waals surface area contributed by atoms with Gasteiger partial charge in [-0.25, -0.2) is 14.6 Å². The smallest absolute Gasteiger partial charge is 0.409 e. The third-order valence-electron chi connectivity index (χ3n) is 7.51. The summed E-state index contributed by atoms with van der Waals surface area (Å²) in [6.45, 7) is 1.89. The fourth-order valence-electron chi connectivity index (χ4n) is 5.23. The number of aromatic nitrogens is 1. The number of aliphatic hydroxyl groups excluding tert-OH is 1. The number of carbonyl (C=O) groups excluding carboxylic acids is 4. The van der Waals surface area contributed by atoms with Gasteiger partial charge in [-0.2, -0.15) is 0 Å². The van der Waals surface area contributed by atoms with Crippen molar-refractivity contribution in [2.75, 3.05) is 45.9 Å². The molecule has 45 heavy (non-hydrogen) atoms. The molecule has 4 N–H and O–H groups in total. The number of nitrogens with one attached hydrogen (secondary N) is 1. The lowest BCUT2D eigenvalue weighted by Crippen LogP contribution is -2.56. The van der Waals surface area contributed by atoms with E-state index in [1.54, 1.807) is 31.2 Å². The van der Waals surface area contributed by atoms with Crippen LogP contribution < -0.4 is 10.1 Å². The molecule has 242 valence electrons. The number of hydrogen-bond acceptors (Lipinski definition) is 10. The number of nitrogens with zero attached hydrogens (tertiary/aromatic N) is 4. The quantitative estimate of drug-likeness (QED) is 0.257. The number of piperazine rings is 1. The first-order valence-electron chi connectivity index (χ1n) is 14.4. The van der Waals surface area contributed by atoms with Crippen LogP contribution in [-0.2, 0) is 23.9 Å². The minimum absolute atomic E-state index is 0.0919. The van der Waals surface area contributed by atoms with Crippen LogP contribution in [0, 0.1) is 0 Å². The van der Waals surface area contributed by atoms with Crippen LogP contribution in [0.1, 0.15) is 36.7 Å². The Hall–Kier alpha value is -4.99. The molecule has 2 fully saturated rings. The number of hydrogen-bond donors (Lipinski definition) is 4. The van der Waals surface area contributed by atoms with Crippen molar-refractivity contribution in [3.63, 3.8) is 0 Å². The van der Waals surface area contributed by atoms with Crippen molar-refractivity contribution in [2.45, 2.75) is 44.4 Å². The fraction of sp³-hybridized carbons (Fsp3) is 0.483. The zero-order valence-electron chi connectivity index (χ0n) is 24.6. The fourth-order valence-corrected chi connectivity index (χ4v) is 5.23. The maximum atomic E-state index is 13.4. The van der Waals surface area contributed by atoms with Crippen LogP contribution in [0.5, 0.6) is 5.75 Å². The summed E-state index contributed by atoms with van der Waals surface area (Å²) in [5, 5.41) is 31.6. The van der Waals surface area contributed by atoms with Crippen LogP contribution in [-0.4, -0.2) is 135 Å². The maximum absolute atomic E-state index is 13.4. The number of carbonyl (C=O) groups is 6. The van der Waals surface area contributed by atoms with E-state index >= 15 is 0 Å². The number of aliphatic hydroxyl groups is 1. The third kappa shape index (κ3) is 8.14. The number of rotatable bonds is 11. The van der Waals surface area contributed by atoms with Crippen molar-refractivity contribution in [1.29, 1.82) is 0 Å². The Kier molecular flexibility index (Phi) is 10.7. The first-order chi connectivity index (χ1) is 21.5. The summed E-state index contributed by atoms with van der Waals surface area (Å²) in [6.07, 6.45) is -2.18. The summed E-state index contributed by atoms with van der Waals surface area (Å²) in [5.41, 5.74) is 0.160. The molecule has 0 spiro atoms. The normalized spacial score (nSPS) is 18.8. The molecule has 3 atom stereocenters. The molecule has 1 aromatic heterocycles. The highest BCUT2D eigenvalue weighted by Gasteiger charge is 2.39. The van der Waals surface area contributed by atoms with Gasteiger partial charge in [-0.3, -0.25) is 19.2 Å². The number of β-amino-alcohol motifs (C(OH)–C–C–N with tert-alkyl or cyclic N) is 1. The maximum Gasteiger partial charge on any atom is 0.409 e. The molecular formula is C29H35N5O11. The monoisotopic (exact) mass is 629 g/mol. The highest BCUT2D eigenvalue weighted by atomic mass is 16.6. The van der Waals surface area contributed by atoms with Crippen molar-refractivity contribution in [2.24, 2.45) is 0 Å². The Morgan fingerprint density at radius 2 is 1.73 bits per heavy atom. The number of fused-ring (bicyclic) bond motifs is 1. The molecule has 0 radical (unpaired) electrons. The minimum atomic E-state index is -1.25. The van der Waals surface area contributed by atoms with Crippen LogP contribution in [0.3, 0.4) is 0 Å². The first-order valence-corrected chi connectivity index (χ1v) is 14.4. The average molecular weight is 630 g/mol. The standard InChI is InChI=1S/C29H35N5O11/c1-2-44-29(43)33-11-9-32(10-12-33)27(40)20(7-8-25(37)38)31-26(39)21-14-23(18-5-3-4-6-19(18)30-21)45-16-24(36)34-15-17(35)13-22(34)28(41)42/h3-6,14,17,20,22,35H,2,7-13,15-16H2,1H3,(H,31,39)(H,37,38)(H,41,42)/t17-,20?,22+/m1/s1. The van der Waals surface area contributed by atoms with E-state index in [0.29, 0.717) is 10.9 Å². The number of aliphatic carboxylic acids is 2. The minimum Gasteiger partial charge on any atom is -0.483 e. The van der Waals surface area contributed by atoms with Gasteiger partial charge in [-0.1, -0.05) is 12.1 Å². The first kappa shape index (κ1) is 32.9. The number of carboxylic acids is 2. The summed E-state index contributed by atoms with van der Waals surface area (Å²) >= 11 is 0. The molecule has 16 nitrogen and oxygen atoms in total. The van der Waals surface area contributed by atoms with Gasteiger partial charge in [-0.15, -0.1) is 0 Å². The van der Waals surface area contributed by atoms with Crippen LogP contribution in [0.15, 0.2) is 30.3 Å². The Balaban J connectivity index is 1.50. The van der Waals surface area contributed by atoms with Crippen molar-refractivity contribution in [3.8, 4) is 5.75 Å². The molecule has 0 aliphatic carbocycles. The number of carboxylic acid groups (broad SMARTS) is 2. The predicted molar refractivity (Wildman–Crippen MR) is 154 cm³/mol. The largest absolute Gasteiger partial charge is 0.483 e. The molecule has 0 bridgehead atoms. The number of likely N-dealkylation sites (tertiary alicyclic amines) is 1. The molecule has 1 unspecified atom stereocenters. The van der Waals surface area contributed by atoms with Crippen LogP contribution >= 0.6 is 0 Å². The highest BCUT2D eigenvalue weighted by Crippen LogP contribution is 2.26. The Morgan fingerprint density at radius 3 is 2.40 bits per heavy atom. The predicted octanol–water partition coefficient (Wildman–Crippen LogP) is -0.0761. The number of pyridine rings is 1. The Morgan fingerprint density at radius 1 is 1.04 bits per heavy atom. The topological polar surface area (TPSA) is 216 Å². The van der Waals surface area contributed by atoms with E-state index in [1.807, 2.05) is 0 Å². The molecule has 0 saturated carbocycles. The van der Waals surface area contributed by atoms with Crippen molar-refractivity contribution < 1.29 is 53.6 Å². The summed E-state index contributed by atoms with van der Waals surface area (Å²) in [6, 6.07) is 5.49. The molecular weight excluding hydrogens is 594 g/mol. The van der Waals surface area contributed by atoms with E-state index in [4.69, 9.17) is 9.47 Å². The Bertz CT molecular complexity index is 1460. The number of amides is 4. The van der Waals surface area contributed by atoms with Crippen LogP contribution in [0.2, 0.25) is 0 Å². The third-order valence-corrected chi connectivity index (χ3v) is 7.51. The van der Waals surface area contributed by atoms with Gasteiger partial charge in [-0.05, 0) is 25.5 Å². The van der Waals surface area contributed by atoms with E-state index in [1.165, 1.54) is 15.9 Å². The second kappa shape index (κ2) is 14.7.